The third-order valence-electron chi connectivity index (χ3n) is 3.34. The molecule has 0 unspecified atom stereocenters. The molecule has 0 amide bonds. The highest BCUT2D eigenvalue weighted by molar-refractivity contribution is 7.80. The van der Waals surface area contributed by atoms with E-state index in [0.717, 1.165) is 17.8 Å². The fourth-order valence-electron chi connectivity index (χ4n) is 2.23. The zero-order valence-corrected chi connectivity index (χ0v) is 13.5. The van der Waals surface area contributed by atoms with Gasteiger partial charge in [0, 0.05) is 11.4 Å². The van der Waals surface area contributed by atoms with Crippen LogP contribution in [-0.2, 0) is 6.42 Å². The summed E-state index contributed by atoms with van der Waals surface area (Å²) in [6, 6.07) is 16.5. The highest BCUT2D eigenvalue weighted by Crippen LogP contribution is 2.18. The quantitative estimate of drug-likeness (QED) is 0.747. The summed E-state index contributed by atoms with van der Waals surface area (Å²) in [5.41, 5.74) is 4.63. The van der Waals surface area contributed by atoms with Crippen LogP contribution in [0, 0.1) is 6.92 Å². The summed E-state index contributed by atoms with van der Waals surface area (Å²) in [7, 11) is 0. The molecule has 0 aliphatic carbocycles. The Kier molecular flexibility index (Phi) is 5.76. The largest absolute Gasteiger partial charge is 0.332 e. The molecular formula is C18H22N2S. The van der Waals surface area contributed by atoms with E-state index in [1.807, 2.05) is 18.2 Å². The smallest absolute Gasteiger partial charge is 0.175 e. The molecular weight excluding hydrogens is 276 g/mol. The van der Waals surface area contributed by atoms with Gasteiger partial charge >= 0.3 is 0 Å². The third kappa shape index (κ3) is 4.87. The van der Waals surface area contributed by atoms with E-state index in [2.05, 4.69) is 54.8 Å². The van der Waals surface area contributed by atoms with Gasteiger partial charge in [0.25, 0.3) is 0 Å². The van der Waals surface area contributed by atoms with Gasteiger partial charge in [-0.05, 0) is 61.3 Å². The van der Waals surface area contributed by atoms with E-state index in [0.29, 0.717) is 5.11 Å². The van der Waals surface area contributed by atoms with Crippen LogP contribution in [0.5, 0.6) is 0 Å². The highest BCUT2D eigenvalue weighted by atomic mass is 32.1. The lowest BCUT2D eigenvalue weighted by Crippen LogP contribution is -2.20. The number of rotatable bonds is 5. The maximum Gasteiger partial charge on any atom is 0.175 e. The monoisotopic (exact) mass is 298 g/mol. The predicted molar refractivity (Wildman–Crippen MR) is 96.1 cm³/mol. The van der Waals surface area contributed by atoms with Gasteiger partial charge in [-0.2, -0.15) is 0 Å². The van der Waals surface area contributed by atoms with Crippen molar-refractivity contribution in [2.24, 2.45) is 0 Å². The average Bonchev–Trinajstić information content (AvgIpc) is 2.46. The number of anilines is 2. The molecule has 21 heavy (non-hydrogen) atoms. The van der Waals surface area contributed by atoms with Gasteiger partial charge < -0.3 is 10.6 Å². The van der Waals surface area contributed by atoms with E-state index in [4.69, 9.17) is 12.2 Å². The summed E-state index contributed by atoms with van der Waals surface area (Å²) in [5.74, 6) is 0. The van der Waals surface area contributed by atoms with Crippen molar-refractivity contribution >= 4 is 28.7 Å². The summed E-state index contributed by atoms with van der Waals surface area (Å²) in [4.78, 5) is 0. The molecule has 0 heterocycles. The number of benzene rings is 2. The Morgan fingerprint density at radius 1 is 1.05 bits per heavy atom. The van der Waals surface area contributed by atoms with Gasteiger partial charge in [-0.1, -0.05) is 43.7 Å². The number of hydrogen-bond acceptors (Lipinski definition) is 1. The highest BCUT2D eigenvalue weighted by Gasteiger charge is 2.04. The predicted octanol–water partition coefficient (Wildman–Crippen LogP) is 5.15. The summed E-state index contributed by atoms with van der Waals surface area (Å²) in [6.07, 6.45) is 3.46. The van der Waals surface area contributed by atoms with Gasteiger partial charge in [-0.25, -0.2) is 0 Å². The second kappa shape index (κ2) is 7.79. The Hall–Kier alpha value is -1.87. The van der Waals surface area contributed by atoms with E-state index >= 15 is 0 Å². The normalized spacial score (nSPS) is 10.2. The maximum atomic E-state index is 5.41. The van der Waals surface area contributed by atoms with E-state index in [1.165, 1.54) is 24.0 Å². The topological polar surface area (TPSA) is 24.1 Å². The van der Waals surface area contributed by atoms with E-state index in [1.54, 1.807) is 0 Å². The van der Waals surface area contributed by atoms with Gasteiger partial charge in [0.05, 0.1) is 0 Å². The van der Waals surface area contributed by atoms with Gasteiger partial charge in [-0.3, -0.25) is 0 Å². The molecule has 0 fully saturated rings. The molecule has 0 spiro atoms. The number of nitrogens with one attached hydrogen (secondary N) is 2. The van der Waals surface area contributed by atoms with Gasteiger partial charge in [0.2, 0.25) is 0 Å². The molecule has 0 atom stereocenters. The third-order valence-corrected chi connectivity index (χ3v) is 3.55. The molecule has 0 aromatic heterocycles. The van der Waals surface area contributed by atoms with Crippen LogP contribution in [0.25, 0.3) is 0 Å². The Balaban J connectivity index is 2.02. The van der Waals surface area contributed by atoms with E-state index < -0.39 is 0 Å². The summed E-state index contributed by atoms with van der Waals surface area (Å²) >= 11 is 5.41. The first-order valence-electron chi connectivity index (χ1n) is 7.41. The van der Waals surface area contributed by atoms with Gasteiger partial charge in [0.1, 0.15) is 0 Å². The van der Waals surface area contributed by atoms with Crippen LogP contribution in [0.15, 0.2) is 48.5 Å². The number of unbranched alkanes of at least 4 members (excludes halogenated alkanes) is 1. The zero-order valence-electron chi connectivity index (χ0n) is 12.6. The summed E-state index contributed by atoms with van der Waals surface area (Å²) in [5, 5.41) is 7.17. The summed E-state index contributed by atoms with van der Waals surface area (Å²) in [6.45, 7) is 4.28. The van der Waals surface area contributed by atoms with Crippen molar-refractivity contribution in [2.75, 3.05) is 10.6 Å². The first-order valence-corrected chi connectivity index (χ1v) is 7.82. The Morgan fingerprint density at radius 2 is 1.86 bits per heavy atom. The van der Waals surface area contributed by atoms with Crippen LogP contribution >= 0.6 is 12.2 Å². The van der Waals surface area contributed by atoms with Crippen molar-refractivity contribution < 1.29 is 0 Å². The van der Waals surface area contributed by atoms with Crippen molar-refractivity contribution in [3.05, 3.63) is 59.7 Å². The molecule has 2 aromatic carbocycles. The van der Waals surface area contributed by atoms with Crippen LogP contribution in [0.4, 0.5) is 11.4 Å². The van der Waals surface area contributed by atoms with Crippen LogP contribution < -0.4 is 10.6 Å². The molecule has 2 N–H and O–H groups in total. The standard InChI is InChI=1S/C18H22N2S/c1-3-4-9-15-10-5-6-12-17(15)20-18(21)19-16-11-7-8-14(2)13-16/h5-8,10-13H,3-4,9H2,1-2H3,(H2,19,20,21). The molecule has 3 heteroatoms. The molecule has 0 aliphatic heterocycles. The fourth-order valence-corrected chi connectivity index (χ4v) is 2.46. The van der Waals surface area contributed by atoms with Crippen molar-refractivity contribution in [3.8, 4) is 0 Å². The molecule has 110 valence electrons. The average molecular weight is 298 g/mol. The minimum absolute atomic E-state index is 0.629. The van der Waals surface area contributed by atoms with Crippen LogP contribution in [0.3, 0.4) is 0 Å². The fraction of sp³-hybridized carbons (Fsp3) is 0.278. The first kappa shape index (κ1) is 15.5. The second-order valence-corrected chi connectivity index (χ2v) is 5.62. The van der Waals surface area contributed by atoms with Crippen molar-refractivity contribution in [1.82, 2.24) is 0 Å². The minimum Gasteiger partial charge on any atom is -0.332 e. The number of hydrogen-bond donors (Lipinski definition) is 2. The molecule has 0 bridgehead atoms. The van der Waals surface area contributed by atoms with E-state index in [-0.39, 0.29) is 0 Å². The second-order valence-electron chi connectivity index (χ2n) is 5.21. The van der Waals surface area contributed by atoms with Gasteiger partial charge in [-0.15, -0.1) is 0 Å². The molecule has 0 saturated carbocycles. The SMILES string of the molecule is CCCCc1ccccc1NC(=S)Nc1cccc(C)c1. The van der Waals surface area contributed by atoms with Crippen molar-refractivity contribution in [1.29, 1.82) is 0 Å². The molecule has 0 saturated heterocycles. The van der Waals surface area contributed by atoms with Crippen LogP contribution in [0.1, 0.15) is 30.9 Å². The van der Waals surface area contributed by atoms with E-state index in [9.17, 15) is 0 Å². The number of para-hydroxylation sites is 1. The Bertz CT molecular complexity index is 608. The number of thiocarbonyl (C=S) groups is 1. The lowest BCUT2D eigenvalue weighted by atomic mass is 10.1. The van der Waals surface area contributed by atoms with Gasteiger partial charge in [0.15, 0.2) is 5.11 Å². The maximum absolute atomic E-state index is 5.41. The lowest BCUT2D eigenvalue weighted by Gasteiger charge is -2.14. The molecule has 2 rings (SSSR count). The number of aryl methyl sites for hydroxylation is 2. The molecule has 2 nitrogen and oxygen atoms in total. The Morgan fingerprint density at radius 3 is 2.62 bits per heavy atom. The van der Waals surface area contributed by atoms with Crippen molar-refractivity contribution in [2.45, 2.75) is 33.1 Å². The molecule has 2 aromatic rings. The first-order chi connectivity index (χ1) is 10.2. The molecule has 0 radical (unpaired) electrons. The minimum atomic E-state index is 0.629. The zero-order chi connectivity index (χ0) is 15.1. The molecule has 0 aliphatic rings. The Labute approximate surface area is 132 Å². The summed E-state index contributed by atoms with van der Waals surface area (Å²) < 4.78 is 0. The lowest BCUT2D eigenvalue weighted by molar-refractivity contribution is 0.796. The van der Waals surface area contributed by atoms with Crippen LogP contribution in [-0.4, -0.2) is 5.11 Å². The van der Waals surface area contributed by atoms with Crippen LogP contribution in [0.2, 0.25) is 0 Å². The van der Waals surface area contributed by atoms with Crippen molar-refractivity contribution in [3.63, 3.8) is 0 Å².